The maximum atomic E-state index is 12.9. The van der Waals surface area contributed by atoms with Crippen molar-refractivity contribution in [1.29, 1.82) is 0 Å². The average Bonchev–Trinajstić information content (AvgIpc) is 3.26. The van der Waals surface area contributed by atoms with Crippen LogP contribution in [0.25, 0.3) is 11.2 Å². The standard InChI is InChI=1S/C23H28N6O4/c1-26-20-19(22(32)27(2)23(26)33)29(15-24-20)14-8-11-18(30)25-17-10-5-4-9-16(17)21(31)28-12-6-3-7-13-28/h4-5,9-10,15H,3,6-8,11-14H2,1-2H3,(H,25,30). The predicted molar refractivity (Wildman–Crippen MR) is 124 cm³/mol. The molecule has 0 bridgehead atoms. The van der Waals surface area contributed by atoms with Gasteiger partial charge in [-0.3, -0.25) is 23.5 Å². The molecular formula is C23H28N6O4. The minimum absolute atomic E-state index is 0.0584. The topological polar surface area (TPSA) is 111 Å². The van der Waals surface area contributed by atoms with Crippen molar-refractivity contribution in [2.75, 3.05) is 18.4 Å². The normalized spacial score (nSPS) is 13.9. The molecule has 0 aliphatic carbocycles. The summed E-state index contributed by atoms with van der Waals surface area (Å²) in [5, 5.41) is 2.86. The van der Waals surface area contributed by atoms with Crippen molar-refractivity contribution in [1.82, 2.24) is 23.6 Å². The Morgan fingerprint density at radius 1 is 1.03 bits per heavy atom. The summed E-state index contributed by atoms with van der Waals surface area (Å²) in [4.78, 5) is 56.1. The number of carbonyl (C=O) groups is 2. The number of fused-ring (bicyclic) bond motifs is 1. The molecule has 0 radical (unpaired) electrons. The van der Waals surface area contributed by atoms with Crippen LogP contribution in [0.3, 0.4) is 0 Å². The van der Waals surface area contributed by atoms with E-state index >= 15 is 0 Å². The number of anilines is 1. The van der Waals surface area contributed by atoms with Gasteiger partial charge in [0.1, 0.15) is 0 Å². The Bertz CT molecular complexity index is 1310. The second kappa shape index (κ2) is 9.43. The number of nitrogens with one attached hydrogen (secondary N) is 1. The van der Waals surface area contributed by atoms with Crippen LogP contribution in [0.5, 0.6) is 0 Å². The van der Waals surface area contributed by atoms with Crippen LogP contribution in [0.15, 0.2) is 40.2 Å². The molecule has 3 aromatic rings. The van der Waals surface area contributed by atoms with Crippen LogP contribution < -0.4 is 16.6 Å². The van der Waals surface area contributed by atoms with Gasteiger partial charge < -0.3 is 14.8 Å². The molecule has 33 heavy (non-hydrogen) atoms. The van der Waals surface area contributed by atoms with E-state index < -0.39 is 11.2 Å². The zero-order chi connectivity index (χ0) is 23.5. The van der Waals surface area contributed by atoms with Crippen LogP contribution in [0.1, 0.15) is 42.5 Å². The second-order valence-electron chi connectivity index (χ2n) is 8.37. The number of benzene rings is 1. The first-order chi connectivity index (χ1) is 15.9. The van der Waals surface area contributed by atoms with Gasteiger partial charge in [0.05, 0.1) is 17.6 Å². The van der Waals surface area contributed by atoms with E-state index in [1.807, 2.05) is 4.90 Å². The van der Waals surface area contributed by atoms with Gasteiger partial charge in [-0.15, -0.1) is 0 Å². The van der Waals surface area contributed by atoms with Gasteiger partial charge in [-0.25, -0.2) is 9.78 Å². The highest BCUT2D eigenvalue weighted by atomic mass is 16.2. The lowest BCUT2D eigenvalue weighted by Gasteiger charge is -2.27. The van der Waals surface area contributed by atoms with Crippen LogP contribution in [0.2, 0.25) is 0 Å². The Balaban J connectivity index is 1.42. The highest BCUT2D eigenvalue weighted by molar-refractivity contribution is 6.03. The molecule has 1 N–H and O–H groups in total. The minimum Gasteiger partial charge on any atom is -0.339 e. The molecule has 174 valence electrons. The molecule has 3 heterocycles. The molecule has 4 rings (SSSR count). The maximum Gasteiger partial charge on any atom is 0.332 e. The lowest BCUT2D eigenvalue weighted by molar-refractivity contribution is -0.116. The molecule has 2 aromatic heterocycles. The summed E-state index contributed by atoms with van der Waals surface area (Å²) in [6, 6.07) is 7.07. The summed E-state index contributed by atoms with van der Waals surface area (Å²) >= 11 is 0. The van der Waals surface area contributed by atoms with Gasteiger partial charge in [0.25, 0.3) is 11.5 Å². The molecule has 1 aromatic carbocycles. The largest absolute Gasteiger partial charge is 0.339 e. The van der Waals surface area contributed by atoms with E-state index in [9.17, 15) is 19.2 Å². The van der Waals surface area contributed by atoms with Crippen molar-refractivity contribution in [3.8, 4) is 0 Å². The van der Waals surface area contributed by atoms with Crippen molar-refractivity contribution >= 4 is 28.7 Å². The van der Waals surface area contributed by atoms with E-state index in [2.05, 4.69) is 10.3 Å². The van der Waals surface area contributed by atoms with Gasteiger partial charge in [0, 0.05) is 40.2 Å². The number of aromatic nitrogens is 4. The summed E-state index contributed by atoms with van der Waals surface area (Å²) < 4.78 is 4.04. The fourth-order valence-corrected chi connectivity index (χ4v) is 4.24. The molecule has 0 unspecified atom stereocenters. The summed E-state index contributed by atoms with van der Waals surface area (Å²) in [5.41, 5.74) is 0.804. The molecule has 10 heteroatoms. The van der Waals surface area contributed by atoms with Gasteiger partial charge in [-0.2, -0.15) is 0 Å². The minimum atomic E-state index is -0.435. The van der Waals surface area contributed by atoms with Crippen LogP contribution in [-0.4, -0.2) is 48.5 Å². The van der Waals surface area contributed by atoms with E-state index in [1.165, 1.54) is 17.9 Å². The number of para-hydroxylation sites is 1. The van der Waals surface area contributed by atoms with Crippen molar-refractivity contribution < 1.29 is 9.59 Å². The zero-order valence-corrected chi connectivity index (χ0v) is 18.9. The second-order valence-corrected chi connectivity index (χ2v) is 8.37. The molecule has 10 nitrogen and oxygen atoms in total. The van der Waals surface area contributed by atoms with E-state index in [4.69, 9.17) is 0 Å². The zero-order valence-electron chi connectivity index (χ0n) is 18.9. The maximum absolute atomic E-state index is 12.9. The van der Waals surface area contributed by atoms with Crippen LogP contribution in [0, 0.1) is 0 Å². The number of aryl methyl sites for hydroxylation is 2. The Hall–Kier alpha value is -3.69. The quantitative estimate of drug-likeness (QED) is 0.609. The Kier molecular flexibility index (Phi) is 6.43. The predicted octanol–water partition coefficient (Wildman–Crippen LogP) is 1.48. The number of likely N-dealkylation sites (tertiary alicyclic amines) is 1. The Morgan fingerprint density at radius 3 is 2.52 bits per heavy atom. The number of nitrogens with zero attached hydrogens (tertiary/aromatic N) is 5. The average molecular weight is 453 g/mol. The highest BCUT2D eigenvalue weighted by Crippen LogP contribution is 2.20. The SMILES string of the molecule is Cn1c(=O)c2c(ncn2CCCC(=O)Nc2ccccc2C(=O)N2CCCCC2)n(C)c1=O. The number of imidazole rings is 1. The molecule has 0 atom stereocenters. The monoisotopic (exact) mass is 452 g/mol. The van der Waals surface area contributed by atoms with Crippen LogP contribution >= 0.6 is 0 Å². The summed E-state index contributed by atoms with van der Waals surface area (Å²) in [5.74, 6) is -0.268. The first kappa shape index (κ1) is 22.5. The lowest BCUT2D eigenvalue weighted by atomic mass is 10.1. The molecular weight excluding hydrogens is 424 g/mol. The fourth-order valence-electron chi connectivity index (χ4n) is 4.24. The van der Waals surface area contributed by atoms with Gasteiger partial charge in [-0.05, 0) is 37.8 Å². The van der Waals surface area contributed by atoms with Crippen LogP contribution in [0.4, 0.5) is 5.69 Å². The number of rotatable bonds is 6. The van der Waals surface area contributed by atoms with Gasteiger partial charge in [0.2, 0.25) is 5.91 Å². The molecule has 1 saturated heterocycles. The third-order valence-electron chi connectivity index (χ3n) is 6.09. The molecule has 1 fully saturated rings. The van der Waals surface area contributed by atoms with Crippen molar-refractivity contribution in [3.05, 3.63) is 57.0 Å². The number of hydrogen-bond donors (Lipinski definition) is 1. The van der Waals surface area contributed by atoms with Gasteiger partial charge in [0.15, 0.2) is 11.2 Å². The lowest BCUT2D eigenvalue weighted by Crippen LogP contribution is -2.37. The smallest absolute Gasteiger partial charge is 0.332 e. The molecule has 0 spiro atoms. The Labute approximate surface area is 190 Å². The van der Waals surface area contributed by atoms with Crippen molar-refractivity contribution in [2.24, 2.45) is 14.1 Å². The number of amides is 2. The first-order valence-electron chi connectivity index (χ1n) is 11.2. The highest BCUT2D eigenvalue weighted by Gasteiger charge is 2.21. The van der Waals surface area contributed by atoms with Crippen molar-refractivity contribution in [2.45, 2.75) is 38.6 Å². The number of piperidine rings is 1. The first-order valence-corrected chi connectivity index (χ1v) is 11.2. The summed E-state index contributed by atoms with van der Waals surface area (Å²) in [6.07, 6.45) is 5.32. The van der Waals surface area contributed by atoms with E-state index in [0.29, 0.717) is 35.4 Å². The van der Waals surface area contributed by atoms with E-state index in [0.717, 1.165) is 36.9 Å². The number of carbonyl (C=O) groups excluding carboxylic acids is 2. The molecule has 1 aliphatic rings. The van der Waals surface area contributed by atoms with Crippen molar-refractivity contribution in [3.63, 3.8) is 0 Å². The molecule has 0 saturated carbocycles. The fraction of sp³-hybridized carbons (Fsp3) is 0.435. The van der Waals surface area contributed by atoms with Crippen LogP contribution in [-0.2, 0) is 25.4 Å². The molecule has 1 aliphatic heterocycles. The Morgan fingerprint density at radius 2 is 1.76 bits per heavy atom. The summed E-state index contributed by atoms with van der Waals surface area (Å²) in [7, 11) is 3.00. The van der Waals surface area contributed by atoms with E-state index in [1.54, 1.807) is 35.9 Å². The third kappa shape index (κ3) is 4.46. The third-order valence-corrected chi connectivity index (χ3v) is 6.09. The number of hydrogen-bond acceptors (Lipinski definition) is 5. The van der Waals surface area contributed by atoms with E-state index in [-0.39, 0.29) is 18.2 Å². The molecule has 2 amide bonds. The summed E-state index contributed by atoms with van der Waals surface area (Å²) in [6.45, 7) is 1.88. The van der Waals surface area contributed by atoms with Gasteiger partial charge in [-0.1, -0.05) is 12.1 Å². The van der Waals surface area contributed by atoms with Gasteiger partial charge >= 0.3 is 5.69 Å².